The monoisotopic (exact) mass is 402 g/mol. The van der Waals surface area contributed by atoms with Crippen LogP contribution in [0.3, 0.4) is 0 Å². The van der Waals surface area contributed by atoms with E-state index in [1.807, 2.05) is 24.0 Å². The fraction of sp³-hybridized carbons (Fsp3) is 0.261. The van der Waals surface area contributed by atoms with Gasteiger partial charge in [0.2, 0.25) is 0 Å². The molecule has 0 unspecified atom stereocenters. The zero-order chi connectivity index (χ0) is 20.0. The van der Waals surface area contributed by atoms with Gasteiger partial charge in [-0.3, -0.25) is 9.48 Å². The quantitative estimate of drug-likeness (QED) is 0.523. The molecule has 2 aromatic heterocycles. The number of aryl methyl sites for hydroxylation is 1. The molecule has 4 aromatic rings. The Bertz CT molecular complexity index is 1210. The van der Waals surface area contributed by atoms with Crippen molar-refractivity contribution in [2.45, 2.75) is 26.3 Å². The van der Waals surface area contributed by atoms with Gasteiger partial charge >= 0.3 is 0 Å². The molecule has 1 N–H and O–H groups in total. The first-order valence-electron chi connectivity index (χ1n) is 9.84. The molecule has 0 atom stereocenters. The molecule has 29 heavy (non-hydrogen) atoms. The van der Waals surface area contributed by atoms with Crippen molar-refractivity contribution >= 4 is 28.0 Å². The molecule has 0 bridgehead atoms. The Morgan fingerprint density at radius 1 is 1.21 bits per heavy atom. The Morgan fingerprint density at radius 3 is 2.90 bits per heavy atom. The first-order chi connectivity index (χ1) is 14.1. The summed E-state index contributed by atoms with van der Waals surface area (Å²) in [5.74, 6) is 0.101. The van der Waals surface area contributed by atoms with E-state index in [1.165, 1.54) is 16.2 Å². The molecule has 0 radical (unpaired) electrons. The molecule has 6 heteroatoms. The highest BCUT2D eigenvalue weighted by Crippen LogP contribution is 2.32. The number of nitrogens with one attached hydrogen (secondary N) is 1. The first-order valence-corrected chi connectivity index (χ1v) is 10.7. The zero-order valence-corrected chi connectivity index (χ0v) is 17.3. The molecule has 2 aromatic carbocycles. The summed E-state index contributed by atoms with van der Waals surface area (Å²) in [4.78, 5) is 18.8. The lowest BCUT2D eigenvalue weighted by atomic mass is 9.92. The van der Waals surface area contributed by atoms with Crippen molar-refractivity contribution in [2.75, 3.05) is 6.54 Å². The Labute approximate surface area is 173 Å². The van der Waals surface area contributed by atoms with Crippen LogP contribution in [0.15, 0.2) is 42.6 Å². The van der Waals surface area contributed by atoms with Crippen molar-refractivity contribution in [1.82, 2.24) is 20.1 Å². The Hall–Kier alpha value is -2.83. The lowest BCUT2D eigenvalue weighted by molar-refractivity contribution is 0.0992. The summed E-state index contributed by atoms with van der Waals surface area (Å²) in [6.07, 6.45) is 3.20. The third-order valence-electron chi connectivity index (χ3n) is 5.72. The highest BCUT2D eigenvalue weighted by Gasteiger charge is 2.20. The molecule has 5 rings (SSSR count). The van der Waals surface area contributed by atoms with E-state index in [-0.39, 0.29) is 5.78 Å². The van der Waals surface area contributed by atoms with Crippen LogP contribution in [0.5, 0.6) is 0 Å². The van der Waals surface area contributed by atoms with Crippen LogP contribution in [-0.2, 0) is 26.4 Å². The van der Waals surface area contributed by atoms with Crippen LogP contribution in [-0.4, -0.2) is 27.1 Å². The average Bonchev–Trinajstić information content (AvgIpc) is 3.34. The topological polar surface area (TPSA) is 59.8 Å². The van der Waals surface area contributed by atoms with E-state index >= 15 is 0 Å². The van der Waals surface area contributed by atoms with E-state index in [4.69, 9.17) is 0 Å². The predicted molar refractivity (Wildman–Crippen MR) is 116 cm³/mol. The Balaban J connectivity index is 1.49. The van der Waals surface area contributed by atoms with Gasteiger partial charge in [-0.1, -0.05) is 30.3 Å². The maximum absolute atomic E-state index is 13.0. The molecule has 146 valence electrons. The summed E-state index contributed by atoms with van der Waals surface area (Å²) in [7, 11) is 1.96. The molecule has 0 fully saturated rings. The van der Waals surface area contributed by atoms with E-state index in [1.54, 1.807) is 0 Å². The minimum atomic E-state index is 0.101. The summed E-state index contributed by atoms with van der Waals surface area (Å²) in [6, 6.07) is 12.5. The van der Waals surface area contributed by atoms with E-state index in [0.29, 0.717) is 11.4 Å². The number of benzene rings is 2. The van der Waals surface area contributed by atoms with Crippen LogP contribution < -0.4 is 5.32 Å². The Kier molecular flexibility index (Phi) is 4.53. The number of carbonyl (C=O) groups is 1. The zero-order valence-electron chi connectivity index (χ0n) is 16.5. The van der Waals surface area contributed by atoms with Crippen LogP contribution in [0.4, 0.5) is 0 Å². The average molecular weight is 403 g/mol. The number of fused-ring (bicyclic) bond motifs is 2. The summed E-state index contributed by atoms with van der Waals surface area (Å²) in [6.45, 7) is 3.86. The van der Waals surface area contributed by atoms with Gasteiger partial charge in [-0.15, -0.1) is 11.3 Å². The van der Waals surface area contributed by atoms with Gasteiger partial charge in [0.25, 0.3) is 0 Å². The second kappa shape index (κ2) is 7.21. The maximum atomic E-state index is 13.0. The molecule has 3 heterocycles. The van der Waals surface area contributed by atoms with E-state index in [9.17, 15) is 4.79 Å². The van der Waals surface area contributed by atoms with Crippen LogP contribution in [0.25, 0.3) is 22.0 Å². The third kappa shape index (κ3) is 3.18. The van der Waals surface area contributed by atoms with Gasteiger partial charge < -0.3 is 5.32 Å². The molecular weight excluding hydrogens is 380 g/mol. The SMILES string of the molecule is Cc1c(CC(=O)c2nc3c(s2)CNCC3)cccc1-c1cccc2c1cnn2C. The molecule has 0 saturated heterocycles. The van der Waals surface area contributed by atoms with Gasteiger partial charge in [0.15, 0.2) is 10.8 Å². The fourth-order valence-corrected chi connectivity index (χ4v) is 5.09. The Morgan fingerprint density at radius 2 is 2.03 bits per heavy atom. The van der Waals surface area contributed by atoms with Crippen molar-refractivity contribution < 1.29 is 4.79 Å². The van der Waals surface area contributed by atoms with Crippen molar-refractivity contribution in [3.63, 3.8) is 0 Å². The standard InChI is InChI=1S/C23H22N4OS/c1-14-15(11-21(28)23-26-19-9-10-24-13-22(19)29-23)5-3-6-16(14)17-7-4-8-20-18(17)12-25-27(20)2/h3-8,12,24H,9-11,13H2,1-2H3. The number of hydrogen-bond acceptors (Lipinski definition) is 5. The minimum absolute atomic E-state index is 0.101. The molecule has 0 amide bonds. The lowest BCUT2D eigenvalue weighted by Crippen LogP contribution is -2.22. The van der Waals surface area contributed by atoms with Crippen LogP contribution in [0.2, 0.25) is 0 Å². The molecule has 0 saturated carbocycles. The lowest BCUT2D eigenvalue weighted by Gasteiger charge is -2.12. The smallest absolute Gasteiger partial charge is 0.195 e. The number of carbonyl (C=O) groups excluding carboxylic acids is 1. The summed E-state index contributed by atoms with van der Waals surface area (Å²) in [5, 5.41) is 9.51. The fourth-order valence-electron chi connectivity index (χ4n) is 4.07. The molecular formula is C23H22N4OS. The number of hydrogen-bond donors (Lipinski definition) is 1. The summed E-state index contributed by atoms with van der Waals surface area (Å²) < 4.78 is 1.89. The van der Waals surface area contributed by atoms with Crippen molar-refractivity contribution in [2.24, 2.45) is 7.05 Å². The molecule has 0 aliphatic carbocycles. The number of nitrogens with zero attached hydrogens (tertiary/aromatic N) is 3. The van der Waals surface area contributed by atoms with Crippen molar-refractivity contribution in [3.8, 4) is 11.1 Å². The molecule has 0 spiro atoms. The van der Waals surface area contributed by atoms with Crippen LogP contribution in [0.1, 0.15) is 31.5 Å². The van der Waals surface area contributed by atoms with E-state index in [0.717, 1.165) is 58.4 Å². The molecule has 5 nitrogen and oxygen atoms in total. The van der Waals surface area contributed by atoms with Crippen LogP contribution >= 0.6 is 11.3 Å². The van der Waals surface area contributed by atoms with Crippen molar-refractivity contribution in [1.29, 1.82) is 0 Å². The normalized spacial score (nSPS) is 13.6. The van der Waals surface area contributed by atoms with E-state index < -0.39 is 0 Å². The van der Waals surface area contributed by atoms with Gasteiger partial charge in [0.05, 0.1) is 17.4 Å². The molecule has 1 aliphatic heterocycles. The minimum Gasteiger partial charge on any atom is -0.311 e. The largest absolute Gasteiger partial charge is 0.311 e. The number of rotatable bonds is 4. The van der Waals surface area contributed by atoms with Gasteiger partial charge in [0.1, 0.15) is 0 Å². The summed E-state index contributed by atoms with van der Waals surface area (Å²) in [5.41, 5.74) is 6.69. The number of aromatic nitrogens is 3. The van der Waals surface area contributed by atoms with Gasteiger partial charge in [-0.05, 0) is 35.2 Å². The van der Waals surface area contributed by atoms with Gasteiger partial charge in [-0.2, -0.15) is 5.10 Å². The van der Waals surface area contributed by atoms with E-state index in [2.05, 4.69) is 52.7 Å². The predicted octanol–water partition coefficient (Wildman–Crippen LogP) is 4.08. The first kappa shape index (κ1) is 18.2. The van der Waals surface area contributed by atoms with Gasteiger partial charge in [0, 0.05) is 43.2 Å². The van der Waals surface area contributed by atoms with Gasteiger partial charge in [-0.25, -0.2) is 4.98 Å². The number of Topliss-reactive ketones (excluding diaryl/α,β-unsaturated/α-hetero) is 1. The highest BCUT2D eigenvalue weighted by atomic mass is 32.1. The molecule has 1 aliphatic rings. The maximum Gasteiger partial charge on any atom is 0.195 e. The summed E-state index contributed by atoms with van der Waals surface area (Å²) >= 11 is 1.54. The highest BCUT2D eigenvalue weighted by molar-refractivity contribution is 7.13. The number of thiazole rings is 1. The van der Waals surface area contributed by atoms with Crippen molar-refractivity contribution in [3.05, 3.63) is 69.3 Å². The number of ketones is 1. The third-order valence-corrected chi connectivity index (χ3v) is 6.86. The van der Waals surface area contributed by atoms with Crippen LogP contribution in [0, 0.1) is 6.92 Å². The second-order valence-corrected chi connectivity index (χ2v) is 8.60. The second-order valence-electron chi connectivity index (χ2n) is 7.51.